The van der Waals surface area contributed by atoms with E-state index < -0.39 is 12.0 Å². The van der Waals surface area contributed by atoms with E-state index in [1.165, 1.54) is 0 Å². The Morgan fingerprint density at radius 1 is 1.22 bits per heavy atom. The van der Waals surface area contributed by atoms with Crippen LogP contribution in [-0.4, -0.2) is 52.2 Å². The minimum atomic E-state index is -0.773. The van der Waals surface area contributed by atoms with E-state index in [0.717, 1.165) is 23.1 Å². The molecule has 0 saturated carbocycles. The highest BCUT2D eigenvalue weighted by Crippen LogP contribution is 2.28. The van der Waals surface area contributed by atoms with E-state index in [1.807, 2.05) is 24.3 Å². The summed E-state index contributed by atoms with van der Waals surface area (Å²) in [6.45, 7) is 8.14. The SMILES string of the molecule is CC(C)(C)N1CCN(c2nccc3ccccc23)CC1C(=O)O. The highest BCUT2D eigenvalue weighted by Gasteiger charge is 2.38. The summed E-state index contributed by atoms with van der Waals surface area (Å²) in [5, 5.41) is 11.9. The zero-order valence-electron chi connectivity index (χ0n) is 13.9. The molecule has 5 nitrogen and oxygen atoms in total. The largest absolute Gasteiger partial charge is 0.480 e. The fourth-order valence-corrected chi connectivity index (χ4v) is 3.35. The Kier molecular flexibility index (Phi) is 3.98. The van der Waals surface area contributed by atoms with Gasteiger partial charge in [0, 0.05) is 36.8 Å². The van der Waals surface area contributed by atoms with Crippen molar-refractivity contribution < 1.29 is 9.90 Å². The lowest BCUT2D eigenvalue weighted by Crippen LogP contribution is -2.62. The number of hydrogen-bond donors (Lipinski definition) is 1. The Morgan fingerprint density at radius 3 is 2.65 bits per heavy atom. The van der Waals surface area contributed by atoms with Crippen LogP contribution in [0.3, 0.4) is 0 Å². The summed E-state index contributed by atoms with van der Waals surface area (Å²) in [6.07, 6.45) is 1.80. The van der Waals surface area contributed by atoms with Crippen molar-refractivity contribution in [3.05, 3.63) is 36.5 Å². The Labute approximate surface area is 136 Å². The number of aromatic nitrogens is 1. The van der Waals surface area contributed by atoms with Crippen molar-refractivity contribution in [3.63, 3.8) is 0 Å². The van der Waals surface area contributed by atoms with Crippen LogP contribution in [0.5, 0.6) is 0 Å². The molecule has 1 fully saturated rings. The molecule has 1 unspecified atom stereocenters. The van der Waals surface area contributed by atoms with Gasteiger partial charge in [-0.3, -0.25) is 9.69 Å². The molecule has 1 N–H and O–H groups in total. The Hall–Kier alpha value is -2.14. The van der Waals surface area contributed by atoms with Gasteiger partial charge >= 0.3 is 5.97 Å². The van der Waals surface area contributed by atoms with Gasteiger partial charge in [-0.25, -0.2) is 4.98 Å². The predicted molar refractivity (Wildman–Crippen MR) is 91.8 cm³/mol. The smallest absolute Gasteiger partial charge is 0.322 e. The number of nitrogens with zero attached hydrogens (tertiary/aromatic N) is 3. The fraction of sp³-hybridized carbons (Fsp3) is 0.444. The third-order valence-corrected chi connectivity index (χ3v) is 4.48. The van der Waals surface area contributed by atoms with Crippen LogP contribution in [0.4, 0.5) is 5.82 Å². The minimum Gasteiger partial charge on any atom is -0.480 e. The molecule has 122 valence electrons. The standard InChI is InChI=1S/C18H23N3O2/c1-18(2,3)21-11-10-20(12-15(21)17(22)23)16-14-7-5-4-6-13(14)8-9-19-16/h4-9,15H,10-12H2,1-3H3,(H,22,23). The Balaban J connectivity index is 1.94. The second kappa shape index (κ2) is 5.81. The highest BCUT2D eigenvalue weighted by atomic mass is 16.4. The maximum atomic E-state index is 11.8. The predicted octanol–water partition coefficient (Wildman–Crippen LogP) is 2.61. The van der Waals surface area contributed by atoms with Crippen molar-refractivity contribution in [2.24, 2.45) is 0 Å². The summed E-state index contributed by atoms with van der Waals surface area (Å²) < 4.78 is 0. The number of carboxylic acid groups (broad SMARTS) is 1. The molecule has 1 aliphatic heterocycles. The molecule has 3 rings (SSSR count). The van der Waals surface area contributed by atoms with Gasteiger partial charge in [0.2, 0.25) is 0 Å². The molecule has 0 aliphatic carbocycles. The van der Waals surface area contributed by atoms with E-state index in [2.05, 4.69) is 41.6 Å². The molecule has 1 aromatic carbocycles. The van der Waals surface area contributed by atoms with Gasteiger partial charge in [-0.2, -0.15) is 0 Å². The Bertz CT molecular complexity index is 718. The minimum absolute atomic E-state index is 0.165. The molecule has 1 atom stereocenters. The molecule has 1 saturated heterocycles. The second-order valence-corrected chi connectivity index (χ2v) is 7.02. The topological polar surface area (TPSA) is 56.7 Å². The van der Waals surface area contributed by atoms with E-state index in [9.17, 15) is 9.90 Å². The molecule has 2 aromatic rings. The molecule has 0 bridgehead atoms. The average molecular weight is 313 g/mol. The molecule has 0 amide bonds. The van der Waals surface area contributed by atoms with Gasteiger partial charge < -0.3 is 10.0 Å². The molecular weight excluding hydrogens is 290 g/mol. The Morgan fingerprint density at radius 2 is 1.96 bits per heavy atom. The maximum Gasteiger partial charge on any atom is 0.322 e. The van der Waals surface area contributed by atoms with E-state index in [4.69, 9.17) is 0 Å². The molecule has 1 aromatic heterocycles. The summed E-state index contributed by atoms with van der Waals surface area (Å²) in [6, 6.07) is 9.56. The van der Waals surface area contributed by atoms with Crippen LogP contribution in [-0.2, 0) is 4.79 Å². The zero-order chi connectivity index (χ0) is 16.6. The third kappa shape index (κ3) is 3.01. The van der Waals surface area contributed by atoms with Crippen molar-refractivity contribution in [2.45, 2.75) is 32.4 Å². The normalized spacial score (nSPS) is 20.0. The summed E-state index contributed by atoms with van der Waals surface area (Å²) in [4.78, 5) is 20.5. The van der Waals surface area contributed by atoms with Gasteiger partial charge in [0.15, 0.2) is 0 Å². The lowest BCUT2D eigenvalue weighted by Gasteiger charge is -2.46. The summed E-state index contributed by atoms with van der Waals surface area (Å²) in [5.41, 5.74) is -0.165. The number of aliphatic carboxylic acids is 1. The first kappa shape index (κ1) is 15.7. The lowest BCUT2D eigenvalue weighted by atomic mass is 10.00. The molecule has 2 heterocycles. The first-order chi connectivity index (χ1) is 10.9. The van der Waals surface area contributed by atoms with Crippen LogP contribution in [0.15, 0.2) is 36.5 Å². The van der Waals surface area contributed by atoms with E-state index in [1.54, 1.807) is 6.20 Å². The van der Waals surface area contributed by atoms with Crippen LogP contribution in [0.25, 0.3) is 10.8 Å². The van der Waals surface area contributed by atoms with Crippen molar-refractivity contribution in [1.29, 1.82) is 0 Å². The number of hydrogen-bond acceptors (Lipinski definition) is 4. The van der Waals surface area contributed by atoms with E-state index in [0.29, 0.717) is 13.1 Å². The van der Waals surface area contributed by atoms with Crippen molar-refractivity contribution in [2.75, 3.05) is 24.5 Å². The fourth-order valence-electron chi connectivity index (χ4n) is 3.35. The number of carboxylic acids is 1. The van der Waals surface area contributed by atoms with Crippen LogP contribution in [0.1, 0.15) is 20.8 Å². The quantitative estimate of drug-likeness (QED) is 0.923. The van der Waals surface area contributed by atoms with Gasteiger partial charge in [-0.15, -0.1) is 0 Å². The number of piperazine rings is 1. The van der Waals surface area contributed by atoms with Gasteiger partial charge in [0.05, 0.1) is 0 Å². The molecule has 1 aliphatic rings. The van der Waals surface area contributed by atoms with Gasteiger partial charge in [0.25, 0.3) is 0 Å². The molecular formula is C18H23N3O2. The summed E-state index contributed by atoms with van der Waals surface area (Å²) >= 11 is 0. The van der Waals surface area contributed by atoms with Crippen LogP contribution in [0.2, 0.25) is 0 Å². The van der Waals surface area contributed by atoms with Gasteiger partial charge in [-0.1, -0.05) is 24.3 Å². The lowest BCUT2D eigenvalue weighted by molar-refractivity contribution is -0.146. The molecule has 0 radical (unpaired) electrons. The number of benzene rings is 1. The van der Waals surface area contributed by atoms with Crippen LogP contribution in [0, 0.1) is 0 Å². The number of rotatable bonds is 2. The third-order valence-electron chi connectivity index (χ3n) is 4.48. The molecule has 23 heavy (non-hydrogen) atoms. The van der Waals surface area contributed by atoms with Crippen LogP contribution < -0.4 is 4.90 Å². The van der Waals surface area contributed by atoms with Crippen molar-refractivity contribution in [1.82, 2.24) is 9.88 Å². The summed E-state index contributed by atoms with van der Waals surface area (Å²) in [7, 11) is 0. The number of fused-ring (bicyclic) bond motifs is 1. The van der Waals surface area contributed by atoms with Crippen molar-refractivity contribution in [3.8, 4) is 0 Å². The molecule has 5 heteroatoms. The van der Waals surface area contributed by atoms with Gasteiger partial charge in [-0.05, 0) is 32.2 Å². The maximum absolute atomic E-state index is 11.8. The number of carbonyl (C=O) groups is 1. The van der Waals surface area contributed by atoms with Crippen molar-refractivity contribution >= 4 is 22.6 Å². The van der Waals surface area contributed by atoms with E-state index in [-0.39, 0.29) is 5.54 Å². The number of pyridine rings is 1. The van der Waals surface area contributed by atoms with E-state index >= 15 is 0 Å². The van der Waals surface area contributed by atoms with Gasteiger partial charge in [0.1, 0.15) is 11.9 Å². The monoisotopic (exact) mass is 313 g/mol. The second-order valence-electron chi connectivity index (χ2n) is 7.02. The number of anilines is 1. The zero-order valence-corrected chi connectivity index (χ0v) is 13.9. The highest BCUT2D eigenvalue weighted by molar-refractivity contribution is 5.92. The molecule has 0 spiro atoms. The summed E-state index contributed by atoms with van der Waals surface area (Å²) in [5.74, 6) is 0.104. The first-order valence-electron chi connectivity index (χ1n) is 7.96. The van der Waals surface area contributed by atoms with Crippen LogP contribution >= 0.6 is 0 Å². The average Bonchev–Trinajstić information content (AvgIpc) is 2.53. The first-order valence-corrected chi connectivity index (χ1v) is 7.96.